The topological polar surface area (TPSA) is 55.6 Å². The number of nitrogens with one attached hydrogen (secondary N) is 1. The Morgan fingerprint density at radius 2 is 2.31 bits per heavy atom. The minimum atomic E-state index is 0.705. The molecule has 1 aliphatic rings. The monoisotopic (exact) mass is 215 g/mol. The van der Waals surface area contributed by atoms with Gasteiger partial charge in [-0.15, -0.1) is 0 Å². The Kier molecular flexibility index (Phi) is 2.38. The molecule has 0 aromatic carbocycles. The second kappa shape index (κ2) is 4.02. The van der Waals surface area contributed by atoms with Crippen molar-refractivity contribution in [3.63, 3.8) is 0 Å². The maximum atomic E-state index is 4.13. The maximum absolute atomic E-state index is 4.13. The molecule has 5 heteroatoms. The zero-order chi connectivity index (χ0) is 10.8. The summed E-state index contributed by atoms with van der Waals surface area (Å²) >= 11 is 0. The van der Waals surface area contributed by atoms with E-state index in [1.165, 1.54) is 24.7 Å². The SMILES string of the molecule is c1cc(CNC2CC2)c(-n2cncn2)cn1. The van der Waals surface area contributed by atoms with Crippen LogP contribution in [0.4, 0.5) is 0 Å². The molecule has 1 aliphatic carbocycles. The molecule has 2 heterocycles. The smallest absolute Gasteiger partial charge is 0.138 e. The van der Waals surface area contributed by atoms with Crippen LogP contribution < -0.4 is 5.32 Å². The van der Waals surface area contributed by atoms with Gasteiger partial charge in [-0.1, -0.05) is 0 Å². The third-order valence-corrected chi connectivity index (χ3v) is 2.71. The number of nitrogens with zero attached hydrogens (tertiary/aromatic N) is 4. The summed E-state index contributed by atoms with van der Waals surface area (Å²) in [5.74, 6) is 0. The predicted octanol–water partition coefficient (Wildman–Crippen LogP) is 0.914. The molecule has 16 heavy (non-hydrogen) atoms. The van der Waals surface area contributed by atoms with Gasteiger partial charge in [0.1, 0.15) is 12.7 Å². The Hall–Kier alpha value is -1.75. The molecule has 1 fully saturated rings. The second-order valence-corrected chi connectivity index (χ2v) is 4.00. The lowest BCUT2D eigenvalue weighted by atomic mass is 10.2. The summed E-state index contributed by atoms with van der Waals surface area (Å²) in [6.07, 6.45) is 9.44. The number of hydrogen-bond acceptors (Lipinski definition) is 4. The first kappa shape index (κ1) is 9.47. The highest BCUT2D eigenvalue weighted by molar-refractivity contribution is 5.36. The van der Waals surface area contributed by atoms with E-state index < -0.39 is 0 Å². The normalized spacial score (nSPS) is 15.2. The summed E-state index contributed by atoms with van der Waals surface area (Å²) in [4.78, 5) is 8.08. The molecule has 2 aromatic heterocycles. The van der Waals surface area contributed by atoms with Gasteiger partial charge in [-0.3, -0.25) is 4.98 Å². The fraction of sp³-hybridized carbons (Fsp3) is 0.364. The van der Waals surface area contributed by atoms with E-state index in [4.69, 9.17) is 0 Å². The minimum absolute atomic E-state index is 0.705. The van der Waals surface area contributed by atoms with Gasteiger partial charge in [-0.2, -0.15) is 5.10 Å². The van der Waals surface area contributed by atoms with Gasteiger partial charge in [-0.25, -0.2) is 9.67 Å². The summed E-state index contributed by atoms with van der Waals surface area (Å²) in [5, 5.41) is 7.61. The zero-order valence-corrected chi connectivity index (χ0v) is 8.87. The van der Waals surface area contributed by atoms with Crippen LogP contribution >= 0.6 is 0 Å². The van der Waals surface area contributed by atoms with Gasteiger partial charge in [0.2, 0.25) is 0 Å². The Morgan fingerprint density at radius 1 is 1.38 bits per heavy atom. The molecule has 1 saturated carbocycles. The first-order valence-corrected chi connectivity index (χ1v) is 5.45. The van der Waals surface area contributed by atoms with Crippen LogP contribution in [0.15, 0.2) is 31.1 Å². The van der Waals surface area contributed by atoms with Crippen molar-refractivity contribution in [2.24, 2.45) is 0 Å². The van der Waals surface area contributed by atoms with Crippen molar-refractivity contribution in [2.75, 3.05) is 0 Å². The number of hydrogen-bond donors (Lipinski definition) is 1. The average molecular weight is 215 g/mol. The summed E-state index contributed by atoms with van der Waals surface area (Å²) in [7, 11) is 0. The fourth-order valence-corrected chi connectivity index (χ4v) is 1.65. The Bertz CT molecular complexity index is 461. The third-order valence-electron chi connectivity index (χ3n) is 2.71. The van der Waals surface area contributed by atoms with Crippen LogP contribution in [-0.4, -0.2) is 25.8 Å². The summed E-state index contributed by atoms with van der Waals surface area (Å²) in [5.41, 5.74) is 2.19. The Morgan fingerprint density at radius 3 is 3.06 bits per heavy atom. The van der Waals surface area contributed by atoms with Gasteiger partial charge in [-0.05, 0) is 24.5 Å². The molecule has 5 nitrogen and oxygen atoms in total. The molecule has 0 radical (unpaired) electrons. The van der Waals surface area contributed by atoms with Gasteiger partial charge >= 0.3 is 0 Å². The maximum Gasteiger partial charge on any atom is 0.138 e. The van der Waals surface area contributed by atoms with Gasteiger partial charge in [0.05, 0.1) is 11.9 Å². The van der Waals surface area contributed by atoms with E-state index in [0.29, 0.717) is 6.04 Å². The minimum Gasteiger partial charge on any atom is -0.310 e. The summed E-state index contributed by atoms with van der Waals surface area (Å²) < 4.78 is 1.75. The standard InChI is InChI=1S/C11H13N5/c1-2-10(1)14-5-9-3-4-12-6-11(9)16-8-13-7-15-16/h3-4,6-8,10,14H,1-2,5H2. The number of pyridine rings is 1. The van der Waals surface area contributed by atoms with Gasteiger partial charge < -0.3 is 5.32 Å². The van der Waals surface area contributed by atoms with E-state index >= 15 is 0 Å². The first-order chi connectivity index (χ1) is 7.93. The summed E-state index contributed by atoms with van der Waals surface area (Å²) in [6, 6.07) is 2.73. The average Bonchev–Trinajstić information content (AvgIpc) is 3.00. The van der Waals surface area contributed by atoms with E-state index in [2.05, 4.69) is 20.4 Å². The molecule has 1 N–H and O–H groups in total. The third kappa shape index (κ3) is 1.94. The van der Waals surface area contributed by atoms with E-state index in [1.807, 2.05) is 18.5 Å². The van der Waals surface area contributed by atoms with Crippen LogP contribution in [0.3, 0.4) is 0 Å². The van der Waals surface area contributed by atoms with E-state index in [9.17, 15) is 0 Å². The lowest BCUT2D eigenvalue weighted by Crippen LogP contribution is -2.17. The van der Waals surface area contributed by atoms with Crippen LogP contribution in [0.25, 0.3) is 5.69 Å². The van der Waals surface area contributed by atoms with Crippen molar-refractivity contribution in [1.82, 2.24) is 25.1 Å². The fourth-order valence-electron chi connectivity index (χ4n) is 1.65. The second-order valence-electron chi connectivity index (χ2n) is 4.00. The van der Waals surface area contributed by atoms with Gasteiger partial charge in [0.25, 0.3) is 0 Å². The van der Waals surface area contributed by atoms with Crippen LogP contribution in [0, 0.1) is 0 Å². The molecular weight excluding hydrogens is 202 g/mol. The van der Waals surface area contributed by atoms with Crippen molar-refractivity contribution < 1.29 is 0 Å². The largest absolute Gasteiger partial charge is 0.310 e. The molecule has 0 amide bonds. The van der Waals surface area contributed by atoms with Crippen LogP contribution in [0.2, 0.25) is 0 Å². The lowest BCUT2D eigenvalue weighted by Gasteiger charge is -2.08. The highest BCUT2D eigenvalue weighted by Gasteiger charge is 2.20. The molecule has 0 unspecified atom stereocenters. The molecule has 0 spiro atoms. The van der Waals surface area contributed by atoms with Crippen molar-refractivity contribution >= 4 is 0 Å². The molecule has 0 saturated heterocycles. The summed E-state index contributed by atoms with van der Waals surface area (Å²) in [6.45, 7) is 0.863. The molecule has 0 bridgehead atoms. The van der Waals surface area contributed by atoms with Crippen molar-refractivity contribution in [1.29, 1.82) is 0 Å². The quantitative estimate of drug-likeness (QED) is 0.823. The molecule has 82 valence electrons. The van der Waals surface area contributed by atoms with Crippen molar-refractivity contribution in [3.05, 3.63) is 36.7 Å². The van der Waals surface area contributed by atoms with E-state index in [1.54, 1.807) is 11.0 Å². The van der Waals surface area contributed by atoms with E-state index in [0.717, 1.165) is 12.2 Å². The van der Waals surface area contributed by atoms with Crippen LogP contribution in [0.1, 0.15) is 18.4 Å². The van der Waals surface area contributed by atoms with Gasteiger partial charge in [0, 0.05) is 18.8 Å². The van der Waals surface area contributed by atoms with Gasteiger partial charge in [0.15, 0.2) is 0 Å². The van der Waals surface area contributed by atoms with E-state index in [-0.39, 0.29) is 0 Å². The van der Waals surface area contributed by atoms with Crippen molar-refractivity contribution in [2.45, 2.75) is 25.4 Å². The molecule has 2 aromatic rings. The van der Waals surface area contributed by atoms with Crippen LogP contribution in [-0.2, 0) is 6.54 Å². The van der Waals surface area contributed by atoms with Crippen molar-refractivity contribution in [3.8, 4) is 5.69 Å². The van der Waals surface area contributed by atoms with Crippen LogP contribution in [0.5, 0.6) is 0 Å². The Labute approximate surface area is 93.5 Å². The molecule has 0 atom stereocenters. The molecular formula is C11H13N5. The first-order valence-electron chi connectivity index (χ1n) is 5.45. The number of rotatable bonds is 4. The highest BCUT2D eigenvalue weighted by atomic mass is 15.3. The molecule has 0 aliphatic heterocycles. The Balaban J connectivity index is 1.85. The lowest BCUT2D eigenvalue weighted by molar-refractivity contribution is 0.680. The predicted molar refractivity (Wildman–Crippen MR) is 59.0 cm³/mol. The zero-order valence-electron chi connectivity index (χ0n) is 8.87. The number of aromatic nitrogens is 4. The highest BCUT2D eigenvalue weighted by Crippen LogP contribution is 2.20. The molecule has 3 rings (SSSR count).